The van der Waals surface area contributed by atoms with E-state index in [0.717, 1.165) is 25.3 Å². The minimum atomic E-state index is -1.06. The number of carboxylic acids is 1. The molecule has 186 valence electrons. The van der Waals surface area contributed by atoms with Crippen molar-refractivity contribution in [1.29, 1.82) is 0 Å². The zero-order valence-corrected chi connectivity index (χ0v) is 21.2. The Kier molecular flexibility index (Phi) is 8.75. The molecule has 9 heteroatoms. The first-order valence-electron chi connectivity index (χ1n) is 11.7. The number of hydrogen-bond acceptors (Lipinski definition) is 8. The summed E-state index contributed by atoms with van der Waals surface area (Å²) >= 11 is 3.53. The van der Waals surface area contributed by atoms with Gasteiger partial charge >= 0.3 is 0 Å². The van der Waals surface area contributed by atoms with Crippen molar-refractivity contribution in [3.63, 3.8) is 0 Å². The Morgan fingerprint density at radius 1 is 1.29 bits per heavy atom. The number of aliphatic carboxylic acids is 1. The van der Waals surface area contributed by atoms with Gasteiger partial charge in [0.1, 0.15) is 5.75 Å². The van der Waals surface area contributed by atoms with Crippen LogP contribution in [0.1, 0.15) is 36.0 Å². The number of pyridine rings is 1. The van der Waals surface area contributed by atoms with Crippen LogP contribution in [0.5, 0.6) is 5.75 Å². The van der Waals surface area contributed by atoms with E-state index in [2.05, 4.69) is 21.3 Å². The summed E-state index contributed by atoms with van der Waals surface area (Å²) in [5.41, 5.74) is 0.684. The molecule has 1 fully saturated rings. The predicted octanol–water partition coefficient (Wildman–Crippen LogP) is 4.28. The summed E-state index contributed by atoms with van der Waals surface area (Å²) in [7, 11) is 1.53. The van der Waals surface area contributed by atoms with Gasteiger partial charge in [-0.05, 0) is 67.3 Å². The Bertz CT molecular complexity index is 1170. The molecule has 0 spiro atoms. The van der Waals surface area contributed by atoms with Gasteiger partial charge in [-0.1, -0.05) is 6.07 Å². The number of ketones is 1. The molecule has 0 radical (unpaired) electrons. The zero-order valence-electron chi connectivity index (χ0n) is 19.6. The lowest BCUT2D eigenvalue weighted by molar-refractivity contribution is -0.307. The topological polar surface area (TPSA) is 82.6 Å². The van der Waals surface area contributed by atoms with Gasteiger partial charge in [0.05, 0.1) is 16.8 Å². The summed E-state index contributed by atoms with van der Waals surface area (Å²) in [5, 5.41) is 14.0. The van der Waals surface area contributed by atoms with E-state index >= 15 is 0 Å². The minimum Gasteiger partial charge on any atom is -0.550 e. The quantitative estimate of drug-likeness (QED) is 0.214. The first-order chi connectivity index (χ1) is 16.9. The first kappa shape index (κ1) is 25.6. The van der Waals surface area contributed by atoms with E-state index in [-0.39, 0.29) is 36.0 Å². The highest BCUT2D eigenvalue weighted by Crippen LogP contribution is 2.32. The number of fused-ring (bicyclic) bond motifs is 1. The van der Waals surface area contributed by atoms with E-state index in [1.165, 1.54) is 17.4 Å². The number of likely N-dealkylation sites (tertiary alicyclic amines) is 1. The fraction of sp³-hybridized carbons (Fsp3) is 0.423. The third kappa shape index (κ3) is 6.80. The molecule has 4 rings (SSSR count). The average Bonchev–Trinajstić information content (AvgIpc) is 3.35. The van der Waals surface area contributed by atoms with Gasteiger partial charge in [0.2, 0.25) is 5.95 Å². The van der Waals surface area contributed by atoms with Crippen LogP contribution in [0.3, 0.4) is 0 Å². The number of halogens is 1. The molecule has 0 amide bonds. The van der Waals surface area contributed by atoms with Gasteiger partial charge in [0.25, 0.3) is 0 Å². The number of aromatic nitrogens is 1. The number of carboxylic acid groups (broad SMARTS) is 1. The van der Waals surface area contributed by atoms with Gasteiger partial charge in [0.15, 0.2) is 5.78 Å². The van der Waals surface area contributed by atoms with Crippen molar-refractivity contribution in [2.45, 2.75) is 29.9 Å². The van der Waals surface area contributed by atoms with E-state index in [0.29, 0.717) is 29.6 Å². The number of ether oxygens (including phenoxy) is 1. The molecule has 1 saturated heterocycles. The van der Waals surface area contributed by atoms with Gasteiger partial charge < -0.3 is 19.5 Å². The van der Waals surface area contributed by atoms with Crippen molar-refractivity contribution < 1.29 is 23.8 Å². The molecule has 1 aliphatic rings. The van der Waals surface area contributed by atoms with Gasteiger partial charge in [-0.15, -0.1) is 23.1 Å². The number of Topliss-reactive ketones (excluding diaryl/α,β-unsaturated/α-hetero) is 1. The Morgan fingerprint density at radius 2 is 2.14 bits per heavy atom. The third-order valence-corrected chi connectivity index (χ3v) is 8.69. The van der Waals surface area contributed by atoms with Crippen LogP contribution in [0.4, 0.5) is 4.39 Å². The van der Waals surface area contributed by atoms with Crippen molar-refractivity contribution in [3.8, 4) is 5.75 Å². The second kappa shape index (κ2) is 12.0. The summed E-state index contributed by atoms with van der Waals surface area (Å²) in [6.45, 7) is 2.45. The number of nitrogens with zero attached hydrogens (tertiary/aromatic N) is 2. The highest BCUT2D eigenvalue weighted by Gasteiger charge is 2.30. The van der Waals surface area contributed by atoms with Crippen LogP contribution in [0, 0.1) is 17.8 Å². The molecule has 0 aliphatic carbocycles. The Hall–Kier alpha value is -2.49. The molecule has 6 nitrogen and oxygen atoms in total. The number of carbonyl (C=O) groups is 2. The minimum absolute atomic E-state index is 0.0164. The standard InChI is InChI=1S/C26H29FN2O4S2/c1-33-19-5-6-22-20(14-19)21(15-24(27)28-22)23(30)7-4-17-8-9-29(16-18(17)13-25(31)32)10-12-35-26-3-2-11-34-26/h2-3,5-6,11,14-15,17-18H,4,7-10,12-13,16H2,1H3,(H,31,32)/p-1. The van der Waals surface area contributed by atoms with Gasteiger partial charge in [-0.2, -0.15) is 4.39 Å². The van der Waals surface area contributed by atoms with Crippen molar-refractivity contribution in [3.05, 3.63) is 53.3 Å². The van der Waals surface area contributed by atoms with Crippen LogP contribution >= 0.6 is 23.1 Å². The SMILES string of the molecule is COc1ccc2nc(F)cc(C(=O)CCC3CCN(CCSc4cccs4)CC3CC(=O)[O-])c2c1. The largest absolute Gasteiger partial charge is 0.550 e. The van der Waals surface area contributed by atoms with E-state index in [1.54, 1.807) is 29.5 Å². The number of thioether (sulfide) groups is 1. The molecule has 3 heterocycles. The fourth-order valence-corrected chi connectivity index (χ4v) is 6.65. The smallest absolute Gasteiger partial charge is 0.214 e. The van der Waals surface area contributed by atoms with Crippen LogP contribution in [-0.2, 0) is 4.79 Å². The molecule has 0 bridgehead atoms. The third-order valence-electron chi connectivity index (χ3n) is 6.58. The predicted molar refractivity (Wildman–Crippen MR) is 135 cm³/mol. The molecular weight excluding hydrogens is 487 g/mol. The second-order valence-corrected chi connectivity index (χ2v) is 11.1. The second-order valence-electron chi connectivity index (χ2n) is 8.80. The molecule has 2 aromatic heterocycles. The van der Waals surface area contributed by atoms with Gasteiger partial charge in [-0.3, -0.25) is 4.79 Å². The monoisotopic (exact) mass is 515 g/mol. The zero-order chi connectivity index (χ0) is 24.8. The molecule has 35 heavy (non-hydrogen) atoms. The van der Waals surface area contributed by atoms with Crippen LogP contribution < -0.4 is 9.84 Å². The van der Waals surface area contributed by atoms with Crippen LogP contribution in [0.2, 0.25) is 0 Å². The molecule has 1 aromatic carbocycles. The lowest BCUT2D eigenvalue weighted by atomic mass is 9.79. The fourth-order valence-electron chi connectivity index (χ4n) is 4.79. The summed E-state index contributed by atoms with van der Waals surface area (Å²) in [6, 6.07) is 10.3. The molecule has 2 atom stereocenters. The summed E-state index contributed by atoms with van der Waals surface area (Å²) in [5.74, 6) is -0.383. The number of piperidine rings is 1. The first-order valence-corrected chi connectivity index (χ1v) is 13.6. The van der Waals surface area contributed by atoms with Gasteiger partial charge in [0, 0.05) is 48.2 Å². The molecule has 0 N–H and O–H groups in total. The number of hydrogen-bond donors (Lipinski definition) is 0. The maximum absolute atomic E-state index is 14.1. The molecular formula is C26H28FN2O4S2-. The maximum atomic E-state index is 14.1. The number of carbonyl (C=O) groups excluding carboxylic acids is 2. The Morgan fingerprint density at radius 3 is 2.89 bits per heavy atom. The molecule has 0 saturated carbocycles. The van der Waals surface area contributed by atoms with Crippen LogP contribution in [0.25, 0.3) is 10.9 Å². The number of thiophene rings is 1. The molecule has 1 aliphatic heterocycles. The van der Waals surface area contributed by atoms with E-state index in [1.807, 2.05) is 17.8 Å². The van der Waals surface area contributed by atoms with Gasteiger partial charge in [-0.25, -0.2) is 4.98 Å². The summed E-state index contributed by atoms with van der Waals surface area (Å²) in [6.07, 6.45) is 1.59. The van der Waals surface area contributed by atoms with E-state index in [4.69, 9.17) is 4.74 Å². The molecule has 2 unspecified atom stereocenters. The normalized spacial score (nSPS) is 18.6. The van der Waals surface area contributed by atoms with E-state index < -0.39 is 11.9 Å². The van der Waals surface area contributed by atoms with E-state index in [9.17, 15) is 19.1 Å². The lowest BCUT2D eigenvalue weighted by Crippen LogP contribution is -2.43. The van der Waals surface area contributed by atoms with Crippen molar-refractivity contribution in [1.82, 2.24) is 9.88 Å². The summed E-state index contributed by atoms with van der Waals surface area (Å²) < 4.78 is 20.6. The summed E-state index contributed by atoms with van der Waals surface area (Å²) in [4.78, 5) is 30.8. The Labute approximate surface area is 212 Å². The maximum Gasteiger partial charge on any atom is 0.214 e. The number of benzene rings is 1. The average molecular weight is 516 g/mol. The number of rotatable bonds is 11. The molecule has 3 aromatic rings. The highest BCUT2D eigenvalue weighted by atomic mass is 32.2. The van der Waals surface area contributed by atoms with Crippen molar-refractivity contribution in [2.24, 2.45) is 11.8 Å². The van der Waals surface area contributed by atoms with Crippen LogP contribution in [0.15, 0.2) is 46.0 Å². The number of methoxy groups -OCH3 is 1. The Balaban J connectivity index is 1.39. The highest BCUT2D eigenvalue weighted by molar-refractivity contribution is 8.01. The van der Waals surface area contributed by atoms with Crippen molar-refractivity contribution >= 4 is 45.8 Å². The lowest BCUT2D eigenvalue weighted by Gasteiger charge is -2.39. The van der Waals surface area contributed by atoms with Crippen molar-refractivity contribution in [2.75, 3.05) is 32.5 Å². The van der Waals surface area contributed by atoms with Crippen LogP contribution in [-0.4, -0.2) is 54.1 Å².